The molecule has 1 heterocycles. The number of alkyl halides is 3. The predicted molar refractivity (Wildman–Crippen MR) is 75.3 cm³/mol. The molecular formula is C15H21F3N2O. The van der Waals surface area contributed by atoms with Crippen molar-refractivity contribution in [3.63, 3.8) is 0 Å². The van der Waals surface area contributed by atoms with Gasteiger partial charge < -0.3 is 10.4 Å². The van der Waals surface area contributed by atoms with Crippen LogP contribution in [-0.2, 0) is 0 Å². The van der Waals surface area contributed by atoms with Crippen molar-refractivity contribution in [2.24, 2.45) is 0 Å². The number of phenols is 1. The van der Waals surface area contributed by atoms with Crippen molar-refractivity contribution in [3.05, 3.63) is 29.3 Å². The minimum atomic E-state index is -4.17. The molecule has 1 aliphatic heterocycles. The predicted octanol–water partition coefficient (Wildman–Crippen LogP) is 2.99. The highest BCUT2D eigenvalue weighted by atomic mass is 19.4. The van der Waals surface area contributed by atoms with E-state index in [-0.39, 0.29) is 12.2 Å². The van der Waals surface area contributed by atoms with E-state index in [1.165, 1.54) is 0 Å². The largest absolute Gasteiger partial charge is 0.507 e. The summed E-state index contributed by atoms with van der Waals surface area (Å²) in [5.41, 5.74) is 1.29. The lowest BCUT2D eigenvalue weighted by molar-refractivity contribution is -0.138. The van der Waals surface area contributed by atoms with Crippen molar-refractivity contribution in [3.8, 4) is 5.75 Å². The number of hydrogen-bond donors (Lipinski definition) is 2. The molecule has 118 valence electrons. The van der Waals surface area contributed by atoms with Crippen LogP contribution in [0.25, 0.3) is 0 Å². The van der Waals surface area contributed by atoms with E-state index in [9.17, 15) is 18.3 Å². The van der Waals surface area contributed by atoms with Gasteiger partial charge in [0.05, 0.1) is 0 Å². The average molecular weight is 302 g/mol. The maximum Gasteiger partial charge on any atom is 0.389 e. The number of benzene rings is 1. The molecule has 1 saturated heterocycles. The number of hydrogen-bond acceptors (Lipinski definition) is 3. The van der Waals surface area contributed by atoms with Crippen LogP contribution in [0.1, 0.15) is 30.0 Å². The second-order valence-corrected chi connectivity index (χ2v) is 5.47. The molecule has 3 nitrogen and oxygen atoms in total. The summed E-state index contributed by atoms with van der Waals surface area (Å²) >= 11 is 0. The lowest BCUT2D eigenvalue weighted by atomic mass is 9.96. The Bertz CT molecular complexity index is 470. The van der Waals surface area contributed by atoms with Gasteiger partial charge in [0, 0.05) is 44.2 Å². The van der Waals surface area contributed by atoms with Gasteiger partial charge in [0.2, 0.25) is 0 Å². The highest BCUT2D eigenvalue weighted by Gasteiger charge is 2.32. The average Bonchev–Trinajstić information content (AvgIpc) is 2.43. The quantitative estimate of drug-likeness (QED) is 0.897. The number of nitrogens with zero attached hydrogens (tertiary/aromatic N) is 1. The van der Waals surface area contributed by atoms with E-state index in [2.05, 4.69) is 5.32 Å². The molecule has 21 heavy (non-hydrogen) atoms. The zero-order chi connectivity index (χ0) is 15.5. The summed E-state index contributed by atoms with van der Waals surface area (Å²) in [6.07, 6.45) is -5.04. The first-order valence-electron chi connectivity index (χ1n) is 7.18. The molecule has 0 radical (unpaired) electrons. The molecule has 1 aromatic rings. The van der Waals surface area contributed by atoms with Gasteiger partial charge >= 0.3 is 6.18 Å². The van der Waals surface area contributed by atoms with Crippen molar-refractivity contribution in [2.45, 2.75) is 32.0 Å². The van der Waals surface area contributed by atoms with Gasteiger partial charge in [-0.3, -0.25) is 4.90 Å². The van der Waals surface area contributed by atoms with Crippen molar-refractivity contribution < 1.29 is 18.3 Å². The minimum Gasteiger partial charge on any atom is -0.507 e. The molecule has 1 atom stereocenters. The SMILES string of the molecule is Cc1cccc([C@H](CCC(F)(F)F)N2CCNCC2)c1O. The number of phenolic OH excluding ortho intramolecular Hbond substituents is 1. The zero-order valence-electron chi connectivity index (χ0n) is 12.1. The fourth-order valence-electron chi connectivity index (χ4n) is 2.78. The Balaban J connectivity index is 2.23. The van der Waals surface area contributed by atoms with Gasteiger partial charge in [-0.05, 0) is 18.9 Å². The normalized spacial score (nSPS) is 18.7. The van der Waals surface area contributed by atoms with Crippen molar-refractivity contribution in [1.29, 1.82) is 0 Å². The number of aromatic hydroxyl groups is 1. The first-order chi connectivity index (χ1) is 9.88. The van der Waals surface area contributed by atoms with Crippen LogP contribution in [-0.4, -0.2) is 42.4 Å². The molecule has 1 aromatic carbocycles. The van der Waals surface area contributed by atoms with Crippen molar-refractivity contribution in [2.75, 3.05) is 26.2 Å². The second-order valence-electron chi connectivity index (χ2n) is 5.47. The fraction of sp³-hybridized carbons (Fsp3) is 0.600. The van der Waals surface area contributed by atoms with E-state index in [1.807, 2.05) is 4.90 Å². The Morgan fingerprint density at radius 3 is 2.57 bits per heavy atom. The first-order valence-corrected chi connectivity index (χ1v) is 7.18. The van der Waals surface area contributed by atoms with Gasteiger partial charge in [0.25, 0.3) is 0 Å². The number of aryl methyl sites for hydroxylation is 1. The minimum absolute atomic E-state index is 0.0273. The standard InChI is InChI=1S/C15H21F3N2O/c1-11-3-2-4-12(14(11)21)13(5-6-15(16,17)18)20-9-7-19-8-10-20/h2-4,13,19,21H,5-10H2,1H3/t13-/m0/s1. The number of para-hydroxylation sites is 1. The Hall–Kier alpha value is -1.27. The molecule has 2 N–H and O–H groups in total. The Morgan fingerprint density at radius 2 is 1.95 bits per heavy atom. The summed E-state index contributed by atoms with van der Waals surface area (Å²) in [7, 11) is 0. The summed E-state index contributed by atoms with van der Waals surface area (Å²) in [4.78, 5) is 2.02. The van der Waals surface area contributed by atoms with Gasteiger partial charge in [-0.2, -0.15) is 13.2 Å². The molecule has 6 heteroatoms. The van der Waals surface area contributed by atoms with Crippen LogP contribution >= 0.6 is 0 Å². The van der Waals surface area contributed by atoms with E-state index >= 15 is 0 Å². The Kier molecular flexibility index (Phi) is 5.11. The molecule has 0 aliphatic carbocycles. The summed E-state index contributed by atoms with van der Waals surface area (Å²) in [6, 6.07) is 4.88. The van der Waals surface area contributed by atoms with E-state index < -0.39 is 18.6 Å². The van der Waals surface area contributed by atoms with E-state index in [0.717, 1.165) is 13.1 Å². The molecular weight excluding hydrogens is 281 g/mol. The molecule has 0 amide bonds. The maximum atomic E-state index is 12.6. The Morgan fingerprint density at radius 1 is 1.29 bits per heavy atom. The highest BCUT2D eigenvalue weighted by Crippen LogP contribution is 2.36. The van der Waals surface area contributed by atoms with E-state index in [0.29, 0.717) is 24.2 Å². The zero-order valence-corrected chi connectivity index (χ0v) is 12.1. The molecule has 0 aromatic heterocycles. The lowest BCUT2D eigenvalue weighted by Crippen LogP contribution is -2.45. The summed E-state index contributed by atoms with van der Waals surface area (Å²) in [6.45, 7) is 4.66. The van der Waals surface area contributed by atoms with Crippen LogP contribution in [0.4, 0.5) is 13.2 Å². The lowest BCUT2D eigenvalue weighted by Gasteiger charge is -2.36. The molecule has 0 bridgehead atoms. The first kappa shape index (κ1) is 16.1. The fourth-order valence-corrected chi connectivity index (χ4v) is 2.78. The van der Waals surface area contributed by atoms with Crippen molar-refractivity contribution in [1.82, 2.24) is 10.2 Å². The van der Waals surface area contributed by atoms with Gasteiger partial charge in [-0.15, -0.1) is 0 Å². The monoisotopic (exact) mass is 302 g/mol. The maximum absolute atomic E-state index is 12.6. The van der Waals surface area contributed by atoms with Crippen LogP contribution in [0.2, 0.25) is 0 Å². The van der Waals surface area contributed by atoms with Crippen LogP contribution in [0.3, 0.4) is 0 Å². The third kappa shape index (κ3) is 4.35. The molecule has 1 fully saturated rings. The van der Waals surface area contributed by atoms with Crippen LogP contribution < -0.4 is 5.32 Å². The molecule has 0 unspecified atom stereocenters. The highest BCUT2D eigenvalue weighted by molar-refractivity contribution is 5.41. The van der Waals surface area contributed by atoms with Gasteiger partial charge in [-0.1, -0.05) is 18.2 Å². The van der Waals surface area contributed by atoms with Crippen LogP contribution in [0.15, 0.2) is 18.2 Å². The van der Waals surface area contributed by atoms with Gasteiger partial charge in [-0.25, -0.2) is 0 Å². The molecule has 1 aliphatic rings. The number of rotatable bonds is 4. The van der Waals surface area contributed by atoms with Crippen molar-refractivity contribution >= 4 is 0 Å². The summed E-state index contributed by atoms with van der Waals surface area (Å²) in [5, 5.41) is 13.4. The summed E-state index contributed by atoms with van der Waals surface area (Å²) in [5.74, 6) is 0.114. The number of nitrogens with one attached hydrogen (secondary N) is 1. The van der Waals surface area contributed by atoms with Gasteiger partial charge in [0.1, 0.15) is 5.75 Å². The van der Waals surface area contributed by atoms with Crippen LogP contribution in [0.5, 0.6) is 5.75 Å². The topological polar surface area (TPSA) is 35.5 Å². The molecule has 0 spiro atoms. The molecule has 2 rings (SSSR count). The smallest absolute Gasteiger partial charge is 0.389 e. The second kappa shape index (κ2) is 6.66. The van der Waals surface area contributed by atoms with E-state index in [1.54, 1.807) is 25.1 Å². The third-order valence-corrected chi connectivity index (χ3v) is 3.92. The number of halogens is 3. The number of piperazine rings is 1. The molecule has 0 saturated carbocycles. The van der Waals surface area contributed by atoms with Crippen LogP contribution in [0, 0.1) is 6.92 Å². The van der Waals surface area contributed by atoms with E-state index in [4.69, 9.17) is 0 Å². The van der Waals surface area contributed by atoms with Gasteiger partial charge in [0.15, 0.2) is 0 Å². The summed E-state index contributed by atoms with van der Waals surface area (Å²) < 4.78 is 37.8. The Labute approximate surface area is 122 Å². The third-order valence-electron chi connectivity index (χ3n) is 3.92.